The van der Waals surface area contributed by atoms with Crippen molar-refractivity contribution in [1.82, 2.24) is 0 Å². The van der Waals surface area contributed by atoms with E-state index in [1.807, 2.05) is 0 Å². The van der Waals surface area contributed by atoms with Crippen molar-refractivity contribution in [2.24, 2.45) is 0 Å². The molecule has 18 heavy (non-hydrogen) atoms. The number of carboxylic acid groups (broad SMARTS) is 1. The van der Waals surface area contributed by atoms with Crippen LogP contribution in [-0.2, 0) is 9.53 Å². The number of carbonyl (C=O) groups is 2. The van der Waals surface area contributed by atoms with Crippen LogP contribution in [0.25, 0.3) is 0 Å². The Morgan fingerprint density at radius 2 is 1.89 bits per heavy atom. The second kappa shape index (κ2) is 5.48. The summed E-state index contributed by atoms with van der Waals surface area (Å²) in [6.45, 7) is 0. The van der Waals surface area contributed by atoms with E-state index < -0.39 is 29.9 Å². The fourth-order valence-corrected chi connectivity index (χ4v) is 1.34. The Balaban J connectivity index is 3.11. The van der Waals surface area contributed by atoms with Crippen LogP contribution in [0.15, 0.2) is 18.2 Å². The predicted molar refractivity (Wildman–Crippen MR) is 58.0 cm³/mol. The number of ether oxygens (including phenoxy) is 1. The molecule has 0 aliphatic heterocycles. The maximum atomic E-state index is 11.0. The molecule has 0 fully saturated rings. The van der Waals surface area contributed by atoms with Gasteiger partial charge in [-0.05, 0) is 18.2 Å². The summed E-state index contributed by atoms with van der Waals surface area (Å²) in [5.74, 6) is -2.80. The van der Waals surface area contributed by atoms with Gasteiger partial charge in [0.1, 0.15) is 11.9 Å². The zero-order valence-electron chi connectivity index (χ0n) is 9.40. The molecule has 4 N–H and O–H groups in total. The summed E-state index contributed by atoms with van der Waals surface area (Å²) in [6.07, 6.45) is -3.69. The first-order chi connectivity index (χ1) is 8.38. The third-order valence-corrected chi connectivity index (χ3v) is 2.33. The van der Waals surface area contributed by atoms with Crippen molar-refractivity contribution in [2.75, 3.05) is 7.11 Å². The number of benzene rings is 1. The number of carboxylic acids is 1. The lowest BCUT2D eigenvalue weighted by Gasteiger charge is -2.17. The van der Waals surface area contributed by atoms with Gasteiger partial charge >= 0.3 is 11.9 Å². The van der Waals surface area contributed by atoms with Crippen LogP contribution in [0.4, 0.5) is 0 Å². The van der Waals surface area contributed by atoms with Gasteiger partial charge in [0.25, 0.3) is 0 Å². The van der Waals surface area contributed by atoms with Crippen molar-refractivity contribution in [1.29, 1.82) is 0 Å². The van der Waals surface area contributed by atoms with Crippen LogP contribution in [0.2, 0.25) is 0 Å². The SMILES string of the molecule is COC(=O)C(O)C(O)c1cc(C(=O)O)ccc1O. The summed E-state index contributed by atoms with van der Waals surface area (Å²) in [5, 5.41) is 37.3. The number of phenols is 1. The molecule has 0 amide bonds. The molecule has 0 bridgehead atoms. The maximum absolute atomic E-state index is 11.0. The molecule has 1 aromatic carbocycles. The number of methoxy groups -OCH3 is 1. The van der Waals surface area contributed by atoms with E-state index in [4.69, 9.17) is 5.11 Å². The number of carbonyl (C=O) groups excluding carboxylic acids is 1. The summed E-state index contributed by atoms with van der Waals surface area (Å²) in [6, 6.07) is 3.14. The van der Waals surface area contributed by atoms with E-state index in [0.29, 0.717) is 0 Å². The Morgan fingerprint density at radius 1 is 1.28 bits per heavy atom. The van der Waals surface area contributed by atoms with Crippen molar-refractivity contribution in [3.63, 3.8) is 0 Å². The quantitative estimate of drug-likeness (QED) is 0.543. The highest BCUT2D eigenvalue weighted by Gasteiger charge is 2.29. The minimum Gasteiger partial charge on any atom is -0.508 e. The Bertz CT molecular complexity index is 468. The van der Waals surface area contributed by atoms with Crippen LogP contribution in [0.1, 0.15) is 22.0 Å². The molecule has 0 aliphatic rings. The second-order valence-corrected chi connectivity index (χ2v) is 3.49. The van der Waals surface area contributed by atoms with Gasteiger partial charge in [0.15, 0.2) is 6.10 Å². The number of aliphatic hydroxyl groups excluding tert-OH is 2. The lowest BCUT2D eigenvalue weighted by atomic mass is 10.0. The average Bonchev–Trinajstić information content (AvgIpc) is 2.36. The van der Waals surface area contributed by atoms with Gasteiger partial charge in [0, 0.05) is 5.56 Å². The Morgan fingerprint density at radius 3 is 2.39 bits per heavy atom. The molecular weight excluding hydrogens is 244 g/mol. The molecular formula is C11H12O7. The van der Waals surface area contributed by atoms with E-state index in [1.165, 1.54) is 0 Å². The molecule has 0 heterocycles. The van der Waals surface area contributed by atoms with Crippen molar-refractivity contribution in [3.05, 3.63) is 29.3 Å². The fraction of sp³-hybridized carbons (Fsp3) is 0.273. The van der Waals surface area contributed by atoms with E-state index in [2.05, 4.69) is 4.74 Å². The summed E-state index contributed by atoms with van der Waals surface area (Å²) >= 11 is 0. The highest BCUT2D eigenvalue weighted by Crippen LogP contribution is 2.28. The minimum atomic E-state index is -1.91. The number of aliphatic hydroxyl groups is 2. The molecule has 0 aromatic heterocycles. The Hall–Kier alpha value is -2.12. The summed E-state index contributed by atoms with van der Waals surface area (Å²) in [7, 11) is 1.02. The lowest BCUT2D eigenvalue weighted by molar-refractivity contribution is -0.156. The third-order valence-electron chi connectivity index (χ3n) is 2.33. The number of rotatable bonds is 4. The third kappa shape index (κ3) is 2.76. The van der Waals surface area contributed by atoms with E-state index in [1.54, 1.807) is 0 Å². The second-order valence-electron chi connectivity index (χ2n) is 3.49. The standard InChI is InChI=1S/C11H12O7/c1-18-11(17)9(14)8(13)6-4-5(10(15)16)2-3-7(6)12/h2-4,8-9,12-14H,1H3,(H,15,16). The van der Waals surface area contributed by atoms with Crippen molar-refractivity contribution in [2.45, 2.75) is 12.2 Å². The molecule has 2 atom stereocenters. The highest BCUT2D eigenvalue weighted by atomic mass is 16.5. The molecule has 1 rings (SSSR count). The van der Waals surface area contributed by atoms with Crippen LogP contribution in [0.3, 0.4) is 0 Å². The van der Waals surface area contributed by atoms with Gasteiger partial charge in [-0.1, -0.05) is 0 Å². The highest BCUT2D eigenvalue weighted by molar-refractivity contribution is 5.88. The number of hydrogen-bond donors (Lipinski definition) is 4. The summed E-state index contributed by atoms with van der Waals surface area (Å²) in [5.41, 5.74) is -0.466. The molecule has 7 nitrogen and oxygen atoms in total. The zero-order valence-corrected chi connectivity index (χ0v) is 9.40. The first kappa shape index (κ1) is 13.9. The smallest absolute Gasteiger partial charge is 0.337 e. The lowest BCUT2D eigenvalue weighted by Crippen LogP contribution is -2.29. The molecule has 7 heteroatoms. The largest absolute Gasteiger partial charge is 0.508 e. The molecule has 0 aliphatic carbocycles. The monoisotopic (exact) mass is 256 g/mol. The molecule has 0 spiro atoms. The Kier molecular flexibility index (Phi) is 4.24. The predicted octanol–water partition coefficient (Wildman–Crippen LogP) is -0.342. The molecule has 0 saturated heterocycles. The van der Waals surface area contributed by atoms with Gasteiger partial charge in [-0.3, -0.25) is 0 Å². The van der Waals surface area contributed by atoms with E-state index in [0.717, 1.165) is 25.3 Å². The first-order valence-electron chi connectivity index (χ1n) is 4.88. The van der Waals surface area contributed by atoms with Crippen molar-refractivity contribution >= 4 is 11.9 Å². The summed E-state index contributed by atoms with van der Waals surface area (Å²) < 4.78 is 4.23. The van der Waals surface area contributed by atoms with Gasteiger partial charge in [-0.15, -0.1) is 0 Å². The van der Waals surface area contributed by atoms with Crippen molar-refractivity contribution in [3.8, 4) is 5.75 Å². The van der Waals surface area contributed by atoms with E-state index in [-0.39, 0.29) is 11.1 Å². The summed E-state index contributed by atoms with van der Waals surface area (Å²) in [4.78, 5) is 21.8. The number of esters is 1. The molecule has 98 valence electrons. The van der Waals surface area contributed by atoms with E-state index in [9.17, 15) is 24.9 Å². The van der Waals surface area contributed by atoms with Crippen LogP contribution < -0.4 is 0 Å². The van der Waals surface area contributed by atoms with Gasteiger partial charge in [0.05, 0.1) is 12.7 Å². The molecule has 2 unspecified atom stereocenters. The molecule has 1 aromatic rings. The van der Waals surface area contributed by atoms with Crippen molar-refractivity contribution < 1.29 is 34.8 Å². The van der Waals surface area contributed by atoms with E-state index >= 15 is 0 Å². The number of aromatic hydroxyl groups is 1. The zero-order chi connectivity index (χ0) is 13.9. The molecule has 0 saturated carbocycles. The van der Waals surface area contributed by atoms with Crippen LogP contribution >= 0.6 is 0 Å². The van der Waals surface area contributed by atoms with Gasteiger partial charge in [-0.25, -0.2) is 9.59 Å². The molecule has 0 radical (unpaired) electrons. The minimum absolute atomic E-state index is 0.195. The van der Waals surface area contributed by atoms with Crippen LogP contribution in [-0.4, -0.2) is 45.6 Å². The van der Waals surface area contributed by atoms with Gasteiger partial charge < -0.3 is 25.2 Å². The Labute approximate surface area is 102 Å². The van der Waals surface area contributed by atoms with Crippen LogP contribution in [0, 0.1) is 0 Å². The fourth-order valence-electron chi connectivity index (χ4n) is 1.34. The number of hydrogen-bond acceptors (Lipinski definition) is 6. The first-order valence-corrected chi connectivity index (χ1v) is 4.88. The topological polar surface area (TPSA) is 124 Å². The average molecular weight is 256 g/mol. The maximum Gasteiger partial charge on any atom is 0.337 e. The number of phenolic OH excluding ortho intramolecular Hbond substituents is 1. The van der Waals surface area contributed by atoms with Crippen LogP contribution in [0.5, 0.6) is 5.75 Å². The normalized spacial score (nSPS) is 13.7. The van der Waals surface area contributed by atoms with Gasteiger partial charge in [-0.2, -0.15) is 0 Å². The number of aromatic carboxylic acids is 1. The van der Waals surface area contributed by atoms with Gasteiger partial charge in [0.2, 0.25) is 0 Å².